The van der Waals surface area contributed by atoms with Crippen LogP contribution < -0.4 is 10.1 Å². The van der Waals surface area contributed by atoms with E-state index in [0.29, 0.717) is 35.7 Å². The fourth-order valence-corrected chi connectivity index (χ4v) is 4.77. The largest absolute Gasteiger partial charge is 0.483 e. The maximum atomic E-state index is 12.6. The molecule has 0 saturated carbocycles. The normalized spacial score (nSPS) is 14.3. The van der Waals surface area contributed by atoms with Gasteiger partial charge in [0, 0.05) is 18.8 Å². The molecule has 9 heteroatoms. The first-order valence-corrected chi connectivity index (χ1v) is 11.0. The van der Waals surface area contributed by atoms with Crippen LogP contribution in [0.25, 0.3) is 0 Å². The molecule has 160 valence electrons. The van der Waals surface area contributed by atoms with Crippen molar-refractivity contribution in [1.82, 2.24) is 4.31 Å². The van der Waals surface area contributed by atoms with Crippen LogP contribution in [-0.4, -0.2) is 51.4 Å². The van der Waals surface area contributed by atoms with Crippen molar-refractivity contribution < 1.29 is 27.5 Å². The molecule has 0 aliphatic carbocycles. The van der Waals surface area contributed by atoms with Gasteiger partial charge >= 0.3 is 5.97 Å². The number of amides is 1. The van der Waals surface area contributed by atoms with E-state index >= 15 is 0 Å². The van der Waals surface area contributed by atoms with Gasteiger partial charge < -0.3 is 14.8 Å². The molecule has 0 spiro atoms. The van der Waals surface area contributed by atoms with Crippen LogP contribution >= 0.6 is 0 Å². The molecule has 0 radical (unpaired) electrons. The Balaban J connectivity index is 1.59. The van der Waals surface area contributed by atoms with Crippen molar-refractivity contribution in [2.75, 3.05) is 32.1 Å². The van der Waals surface area contributed by atoms with Crippen molar-refractivity contribution in [2.45, 2.75) is 24.7 Å². The highest BCUT2D eigenvalue weighted by Gasteiger charge is 2.27. The third-order valence-electron chi connectivity index (χ3n) is 4.80. The summed E-state index contributed by atoms with van der Waals surface area (Å²) in [7, 11) is -2.20. The highest BCUT2D eigenvalue weighted by Crippen LogP contribution is 2.26. The number of esters is 1. The van der Waals surface area contributed by atoms with Crippen LogP contribution in [0.1, 0.15) is 28.8 Å². The van der Waals surface area contributed by atoms with Crippen molar-refractivity contribution in [1.29, 1.82) is 0 Å². The number of carbonyl (C=O) groups excluding carboxylic acids is 2. The first kappa shape index (κ1) is 21.8. The number of anilines is 1. The first-order chi connectivity index (χ1) is 14.3. The summed E-state index contributed by atoms with van der Waals surface area (Å²) in [5.74, 6) is -0.401. The molecule has 2 aromatic rings. The molecule has 0 unspecified atom stereocenters. The third kappa shape index (κ3) is 4.98. The molecule has 1 fully saturated rings. The maximum Gasteiger partial charge on any atom is 0.337 e. The van der Waals surface area contributed by atoms with Crippen molar-refractivity contribution in [3.8, 4) is 5.75 Å². The molecule has 1 amide bonds. The lowest BCUT2D eigenvalue weighted by Crippen LogP contribution is -2.27. The molecule has 1 saturated heterocycles. The van der Waals surface area contributed by atoms with Gasteiger partial charge in [-0.1, -0.05) is 0 Å². The minimum atomic E-state index is -3.50. The van der Waals surface area contributed by atoms with Gasteiger partial charge in [-0.15, -0.1) is 0 Å². The SMILES string of the molecule is COC(=O)c1ccc(NC(=O)COc2ccc(S(=O)(=O)N3CCCC3)cc2C)cc1. The van der Waals surface area contributed by atoms with E-state index in [1.165, 1.54) is 17.5 Å². The average Bonchev–Trinajstić information content (AvgIpc) is 3.28. The standard InChI is InChI=1S/C21H24N2O6S/c1-15-13-18(30(26,27)23-11-3-4-12-23)9-10-19(15)29-14-20(24)22-17-7-5-16(6-8-17)21(25)28-2/h5-10,13H,3-4,11-12,14H2,1-2H3,(H,22,24). The summed E-state index contributed by atoms with van der Waals surface area (Å²) in [5, 5.41) is 2.67. The number of benzene rings is 2. The van der Waals surface area contributed by atoms with Crippen LogP contribution in [-0.2, 0) is 19.6 Å². The van der Waals surface area contributed by atoms with Gasteiger partial charge in [-0.2, -0.15) is 4.31 Å². The number of carbonyl (C=O) groups is 2. The smallest absolute Gasteiger partial charge is 0.337 e. The Kier molecular flexibility index (Phi) is 6.73. The van der Waals surface area contributed by atoms with Crippen molar-refractivity contribution >= 4 is 27.6 Å². The summed E-state index contributed by atoms with van der Waals surface area (Å²) >= 11 is 0. The van der Waals surface area contributed by atoms with Gasteiger partial charge in [0.1, 0.15) is 5.75 Å². The molecule has 1 N–H and O–H groups in total. The summed E-state index contributed by atoms with van der Waals surface area (Å²) in [6.45, 7) is 2.58. The van der Waals surface area contributed by atoms with Crippen LogP contribution in [0.4, 0.5) is 5.69 Å². The number of hydrogen-bond acceptors (Lipinski definition) is 6. The fourth-order valence-electron chi connectivity index (χ4n) is 3.17. The summed E-state index contributed by atoms with van der Waals surface area (Å²) in [6, 6.07) is 10.9. The second-order valence-electron chi connectivity index (χ2n) is 6.94. The number of nitrogens with zero attached hydrogens (tertiary/aromatic N) is 1. The number of methoxy groups -OCH3 is 1. The van der Waals surface area contributed by atoms with E-state index < -0.39 is 16.0 Å². The molecule has 1 aliphatic heterocycles. The number of hydrogen-bond donors (Lipinski definition) is 1. The van der Waals surface area contributed by atoms with E-state index in [0.717, 1.165) is 12.8 Å². The molecule has 0 aromatic heterocycles. The zero-order valence-electron chi connectivity index (χ0n) is 16.9. The minimum Gasteiger partial charge on any atom is -0.483 e. The van der Waals surface area contributed by atoms with Crippen molar-refractivity contribution in [2.24, 2.45) is 0 Å². The molecule has 1 aliphatic rings. The van der Waals surface area contributed by atoms with Crippen LogP contribution in [0.3, 0.4) is 0 Å². The van der Waals surface area contributed by atoms with Gasteiger partial charge in [0.05, 0.1) is 17.6 Å². The maximum absolute atomic E-state index is 12.6. The second-order valence-corrected chi connectivity index (χ2v) is 8.88. The Bertz CT molecular complexity index is 1030. The van der Waals surface area contributed by atoms with E-state index in [4.69, 9.17) is 4.74 Å². The van der Waals surface area contributed by atoms with Crippen LogP contribution in [0, 0.1) is 6.92 Å². The summed E-state index contributed by atoms with van der Waals surface area (Å²) in [5.41, 5.74) is 1.52. The lowest BCUT2D eigenvalue weighted by molar-refractivity contribution is -0.118. The van der Waals surface area contributed by atoms with Gasteiger partial charge in [0.25, 0.3) is 5.91 Å². The monoisotopic (exact) mass is 432 g/mol. The predicted molar refractivity (Wildman–Crippen MR) is 111 cm³/mol. The molecule has 2 aromatic carbocycles. The topological polar surface area (TPSA) is 102 Å². The van der Waals surface area contributed by atoms with E-state index in [1.54, 1.807) is 43.3 Å². The van der Waals surface area contributed by atoms with E-state index in [-0.39, 0.29) is 17.4 Å². The van der Waals surface area contributed by atoms with Crippen molar-refractivity contribution in [3.05, 3.63) is 53.6 Å². The average molecular weight is 432 g/mol. The van der Waals surface area contributed by atoms with E-state index in [9.17, 15) is 18.0 Å². The van der Waals surface area contributed by atoms with Crippen LogP contribution in [0.2, 0.25) is 0 Å². The Morgan fingerprint density at radius 3 is 2.33 bits per heavy atom. The summed E-state index contributed by atoms with van der Waals surface area (Å²) in [6.07, 6.45) is 1.75. The molecule has 0 bridgehead atoms. The zero-order chi connectivity index (χ0) is 21.7. The fraction of sp³-hybridized carbons (Fsp3) is 0.333. The molecule has 1 heterocycles. The zero-order valence-corrected chi connectivity index (χ0v) is 17.7. The van der Waals surface area contributed by atoms with Gasteiger partial charge in [0.15, 0.2) is 6.61 Å². The number of nitrogens with one attached hydrogen (secondary N) is 1. The number of sulfonamides is 1. The lowest BCUT2D eigenvalue weighted by Gasteiger charge is -2.17. The third-order valence-corrected chi connectivity index (χ3v) is 6.69. The summed E-state index contributed by atoms with van der Waals surface area (Å²) in [4.78, 5) is 23.8. The van der Waals surface area contributed by atoms with Crippen LogP contribution in [0.5, 0.6) is 5.75 Å². The van der Waals surface area contributed by atoms with E-state index in [1.807, 2.05) is 0 Å². The molecular weight excluding hydrogens is 408 g/mol. The molecule has 30 heavy (non-hydrogen) atoms. The minimum absolute atomic E-state index is 0.226. The van der Waals surface area contributed by atoms with Gasteiger partial charge in [0.2, 0.25) is 10.0 Å². The van der Waals surface area contributed by atoms with Gasteiger partial charge in [-0.05, 0) is 67.8 Å². The Morgan fingerprint density at radius 2 is 1.73 bits per heavy atom. The Labute approximate surface area is 175 Å². The van der Waals surface area contributed by atoms with Gasteiger partial charge in [-0.25, -0.2) is 13.2 Å². The number of rotatable bonds is 7. The molecular formula is C21H24N2O6S. The highest BCUT2D eigenvalue weighted by molar-refractivity contribution is 7.89. The highest BCUT2D eigenvalue weighted by atomic mass is 32.2. The van der Waals surface area contributed by atoms with Crippen molar-refractivity contribution in [3.63, 3.8) is 0 Å². The lowest BCUT2D eigenvalue weighted by atomic mass is 10.2. The van der Waals surface area contributed by atoms with E-state index in [2.05, 4.69) is 10.1 Å². The summed E-state index contributed by atoms with van der Waals surface area (Å²) < 4.78 is 37.0. The quantitative estimate of drug-likeness (QED) is 0.675. The molecule has 0 atom stereocenters. The second kappa shape index (κ2) is 9.27. The Morgan fingerprint density at radius 1 is 1.07 bits per heavy atom. The number of ether oxygens (including phenoxy) is 2. The first-order valence-electron chi connectivity index (χ1n) is 9.53. The predicted octanol–water partition coefficient (Wildman–Crippen LogP) is 2.58. The van der Waals surface area contributed by atoms with Gasteiger partial charge in [-0.3, -0.25) is 4.79 Å². The number of aryl methyl sites for hydroxylation is 1. The Hall–Kier alpha value is -2.91. The molecule has 8 nitrogen and oxygen atoms in total. The molecule has 3 rings (SSSR count). The van der Waals surface area contributed by atoms with Crippen LogP contribution in [0.15, 0.2) is 47.4 Å².